The molecule has 0 saturated carbocycles. The van der Waals surface area contributed by atoms with Gasteiger partial charge < -0.3 is 10.4 Å². The van der Waals surface area contributed by atoms with Crippen LogP contribution < -0.4 is 5.32 Å². The smallest absolute Gasteiger partial charge is 0.244 e. The maximum absolute atomic E-state index is 11.7. The van der Waals surface area contributed by atoms with Crippen molar-refractivity contribution in [1.82, 2.24) is 10.3 Å². The summed E-state index contributed by atoms with van der Waals surface area (Å²) >= 11 is 0. The Bertz CT molecular complexity index is 594. The molecule has 0 atom stereocenters. The zero-order chi connectivity index (χ0) is 14.2. The number of aliphatic hydroxyl groups excluding tert-OH is 1. The fourth-order valence-corrected chi connectivity index (χ4v) is 1.76. The Balaban J connectivity index is 1.91. The molecule has 2 aromatic rings. The average Bonchev–Trinajstić information content (AvgIpc) is 2.52. The number of benzene rings is 1. The average molecular weight is 268 g/mol. The molecular formula is C16H16N2O2. The largest absolute Gasteiger partial charge is 0.392 e. The van der Waals surface area contributed by atoms with Gasteiger partial charge in [0.25, 0.3) is 0 Å². The minimum atomic E-state index is -0.191. The number of carbonyl (C=O) groups excluding carboxylic acids is 1. The van der Waals surface area contributed by atoms with Crippen molar-refractivity contribution in [3.05, 3.63) is 71.6 Å². The van der Waals surface area contributed by atoms with E-state index in [1.807, 2.05) is 42.5 Å². The van der Waals surface area contributed by atoms with E-state index in [0.29, 0.717) is 6.54 Å². The number of nitrogens with zero attached hydrogens (tertiary/aromatic N) is 1. The van der Waals surface area contributed by atoms with Gasteiger partial charge in [-0.3, -0.25) is 9.78 Å². The molecule has 1 heterocycles. The summed E-state index contributed by atoms with van der Waals surface area (Å²) in [5.74, 6) is -0.191. The minimum absolute atomic E-state index is 0.0319. The SMILES string of the molecule is O=C(/C=C/c1ccccn1)NCc1ccccc1CO. The first-order valence-electron chi connectivity index (χ1n) is 6.34. The topological polar surface area (TPSA) is 62.2 Å². The van der Waals surface area contributed by atoms with Crippen LogP contribution in [0.25, 0.3) is 6.08 Å². The van der Waals surface area contributed by atoms with Gasteiger partial charge in [0.2, 0.25) is 5.91 Å². The lowest BCUT2D eigenvalue weighted by Gasteiger charge is -2.07. The maximum Gasteiger partial charge on any atom is 0.244 e. The van der Waals surface area contributed by atoms with Crippen LogP contribution in [0.4, 0.5) is 0 Å². The number of nitrogens with one attached hydrogen (secondary N) is 1. The Morgan fingerprint density at radius 1 is 1.15 bits per heavy atom. The highest BCUT2D eigenvalue weighted by molar-refractivity contribution is 5.91. The first-order chi connectivity index (χ1) is 9.79. The second kappa shape index (κ2) is 7.21. The molecule has 0 aliphatic heterocycles. The molecule has 4 nitrogen and oxygen atoms in total. The molecule has 0 bridgehead atoms. The van der Waals surface area contributed by atoms with Gasteiger partial charge in [0.15, 0.2) is 0 Å². The van der Waals surface area contributed by atoms with E-state index < -0.39 is 0 Å². The molecule has 0 fully saturated rings. The van der Waals surface area contributed by atoms with Crippen LogP contribution in [0.2, 0.25) is 0 Å². The molecule has 0 saturated heterocycles. The molecule has 1 aromatic carbocycles. The fraction of sp³-hybridized carbons (Fsp3) is 0.125. The molecular weight excluding hydrogens is 252 g/mol. The normalized spacial score (nSPS) is 10.7. The number of aliphatic hydroxyl groups is 1. The number of aromatic nitrogens is 1. The van der Waals surface area contributed by atoms with Gasteiger partial charge in [0, 0.05) is 18.8 Å². The van der Waals surface area contributed by atoms with E-state index in [-0.39, 0.29) is 12.5 Å². The highest BCUT2D eigenvalue weighted by Gasteiger charge is 2.01. The summed E-state index contributed by atoms with van der Waals surface area (Å²) in [6.07, 6.45) is 4.78. The molecule has 20 heavy (non-hydrogen) atoms. The third-order valence-electron chi connectivity index (χ3n) is 2.84. The number of rotatable bonds is 5. The molecule has 1 amide bonds. The van der Waals surface area contributed by atoms with Crippen LogP contribution in [-0.4, -0.2) is 16.0 Å². The maximum atomic E-state index is 11.7. The Hall–Kier alpha value is -2.46. The molecule has 1 aromatic heterocycles. The van der Waals surface area contributed by atoms with Gasteiger partial charge in [-0.2, -0.15) is 0 Å². The van der Waals surface area contributed by atoms with Gasteiger partial charge in [-0.25, -0.2) is 0 Å². The van der Waals surface area contributed by atoms with Crippen molar-refractivity contribution in [2.45, 2.75) is 13.2 Å². The summed E-state index contributed by atoms with van der Waals surface area (Å²) in [5, 5.41) is 12.0. The van der Waals surface area contributed by atoms with Gasteiger partial charge in [0.05, 0.1) is 12.3 Å². The lowest BCUT2D eigenvalue weighted by Crippen LogP contribution is -2.21. The summed E-state index contributed by atoms with van der Waals surface area (Å²) in [6.45, 7) is 0.359. The zero-order valence-electron chi connectivity index (χ0n) is 11.0. The van der Waals surface area contributed by atoms with Crippen molar-refractivity contribution in [3.63, 3.8) is 0 Å². The predicted octanol–water partition coefficient (Wildman–Crippen LogP) is 1.90. The summed E-state index contributed by atoms with van der Waals surface area (Å²) < 4.78 is 0. The second-order valence-corrected chi connectivity index (χ2v) is 4.23. The molecule has 0 radical (unpaired) electrons. The van der Waals surface area contributed by atoms with E-state index in [1.54, 1.807) is 12.3 Å². The van der Waals surface area contributed by atoms with Crippen LogP contribution in [-0.2, 0) is 17.9 Å². The van der Waals surface area contributed by atoms with Crippen LogP contribution in [0.5, 0.6) is 0 Å². The number of hydrogen-bond acceptors (Lipinski definition) is 3. The van der Waals surface area contributed by atoms with E-state index >= 15 is 0 Å². The Morgan fingerprint density at radius 2 is 1.90 bits per heavy atom. The Morgan fingerprint density at radius 3 is 2.60 bits per heavy atom. The van der Waals surface area contributed by atoms with Crippen LogP contribution in [0.15, 0.2) is 54.7 Å². The van der Waals surface area contributed by atoms with Crippen LogP contribution in [0.3, 0.4) is 0 Å². The Kier molecular flexibility index (Phi) is 5.03. The fourth-order valence-electron chi connectivity index (χ4n) is 1.76. The standard InChI is InChI=1S/C16H16N2O2/c19-12-14-6-2-1-5-13(14)11-18-16(20)9-8-15-7-3-4-10-17-15/h1-10,19H,11-12H2,(H,18,20)/b9-8+. The van der Waals surface area contributed by atoms with E-state index in [4.69, 9.17) is 0 Å². The molecule has 0 aliphatic rings. The summed E-state index contributed by atoms with van der Waals surface area (Å²) in [7, 11) is 0. The molecule has 0 aliphatic carbocycles. The van der Waals surface area contributed by atoms with Gasteiger partial charge in [-0.1, -0.05) is 30.3 Å². The Labute approximate surface area is 117 Å². The van der Waals surface area contributed by atoms with Crippen molar-refractivity contribution in [1.29, 1.82) is 0 Å². The van der Waals surface area contributed by atoms with Crippen LogP contribution in [0, 0.1) is 0 Å². The van der Waals surface area contributed by atoms with Gasteiger partial charge in [-0.05, 0) is 29.3 Å². The van der Waals surface area contributed by atoms with Gasteiger partial charge >= 0.3 is 0 Å². The minimum Gasteiger partial charge on any atom is -0.392 e. The van der Waals surface area contributed by atoms with Crippen molar-refractivity contribution in [2.24, 2.45) is 0 Å². The molecule has 0 unspecified atom stereocenters. The van der Waals surface area contributed by atoms with Crippen molar-refractivity contribution in [3.8, 4) is 0 Å². The predicted molar refractivity (Wildman–Crippen MR) is 77.5 cm³/mol. The molecule has 102 valence electrons. The zero-order valence-corrected chi connectivity index (χ0v) is 11.0. The van der Waals surface area contributed by atoms with Crippen molar-refractivity contribution in [2.75, 3.05) is 0 Å². The summed E-state index contributed by atoms with van der Waals surface area (Å²) in [4.78, 5) is 15.8. The number of amides is 1. The van der Waals surface area contributed by atoms with Crippen LogP contribution >= 0.6 is 0 Å². The lowest BCUT2D eigenvalue weighted by molar-refractivity contribution is -0.116. The molecule has 4 heteroatoms. The number of pyridine rings is 1. The second-order valence-electron chi connectivity index (χ2n) is 4.23. The van der Waals surface area contributed by atoms with Crippen molar-refractivity contribution >= 4 is 12.0 Å². The third kappa shape index (κ3) is 4.03. The first-order valence-corrected chi connectivity index (χ1v) is 6.34. The highest BCUT2D eigenvalue weighted by Crippen LogP contribution is 2.08. The molecule has 2 rings (SSSR count). The molecule has 2 N–H and O–H groups in total. The summed E-state index contributed by atoms with van der Waals surface area (Å²) in [6, 6.07) is 13.0. The van der Waals surface area contributed by atoms with Gasteiger partial charge in [-0.15, -0.1) is 0 Å². The third-order valence-corrected chi connectivity index (χ3v) is 2.84. The lowest BCUT2D eigenvalue weighted by atomic mass is 10.1. The van der Waals surface area contributed by atoms with E-state index in [2.05, 4.69) is 10.3 Å². The van der Waals surface area contributed by atoms with Crippen LogP contribution in [0.1, 0.15) is 16.8 Å². The molecule has 0 spiro atoms. The van der Waals surface area contributed by atoms with Gasteiger partial charge in [0.1, 0.15) is 0 Å². The summed E-state index contributed by atoms with van der Waals surface area (Å²) in [5.41, 5.74) is 2.47. The number of carbonyl (C=O) groups is 1. The first kappa shape index (κ1) is 14.0. The monoisotopic (exact) mass is 268 g/mol. The number of hydrogen-bond donors (Lipinski definition) is 2. The highest BCUT2D eigenvalue weighted by atomic mass is 16.3. The van der Waals surface area contributed by atoms with E-state index in [0.717, 1.165) is 16.8 Å². The van der Waals surface area contributed by atoms with E-state index in [9.17, 15) is 9.90 Å². The van der Waals surface area contributed by atoms with E-state index in [1.165, 1.54) is 6.08 Å². The quantitative estimate of drug-likeness (QED) is 0.814. The van der Waals surface area contributed by atoms with Crippen molar-refractivity contribution < 1.29 is 9.90 Å².